The number of amides is 2. The molecule has 2 rings (SSSR count). The van der Waals surface area contributed by atoms with Crippen molar-refractivity contribution < 1.29 is 29.5 Å². The van der Waals surface area contributed by atoms with Crippen LogP contribution in [-0.4, -0.2) is 52.0 Å². The number of aliphatic carboxylic acids is 1. The molecule has 2 heterocycles. The molecule has 104 valence electrons. The Balaban J connectivity index is 2.35. The highest BCUT2D eigenvalue weighted by molar-refractivity contribution is 6.28. The molecule has 8 nitrogen and oxygen atoms in total. The number of nitrogens with zero attached hydrogens (tertiary/aromatic N) is 1. The van der Waals surface area contributed by atoms with Gasteiger partial charge in [-0.15, -0.1) is 0 Å². The lowest BCUT2D eigenvalue weighted by atomic mass is 9.74. The van der Waals surface area contributed by atoms with Gasteiger partial charge in [0.2, 0.25) is 5.41 Å². The van der Waals surface area contributed by atoms with Gasteiger partial charge in [0.15, 0.2) is 5.78 Å². The topological polar surface area (TPSA) is 124 Å². The first-order valence-corrected chi connectivity index (χ1v) is 5.96. The van der Waals surface area contributed by atoms with Gasteiger partial charge in [0.05, 0.1) is 6.42 Å². The highest BCUT2D eigenvalue weighted by Crippen LogP contribution is 2.37. The van der Waals surface area contributed by atoms with Crippen LogP contribution in [0.3, 0.4) is 0 Å². The predicted molar refractivity (Wildman–Crippen MR) is 58.9 cm³/mol. The maximum Gasteiger partial charge on any atom is 0.327 e. The van der Waals surface area contributed by atoms with Crippen LogP contribution in [0.2, 0.25) is 0 Å². The summed E-state index contributed by atoms with van der Waals surface area (Å²) in [5.74, 6) is -5.45. The lowest BCUT2D eigenvalue weighted by Gasteiger charge is -2.28. The lowest BCUT2D eigenvalue weighted by Crippen LogP contribution is -2.50. The summed E-state index contributed by atoms with van der Waals surface area (Å²) < 4.78 is 0. The number of carboxylic acid groups (broad SMARTS) is 1. The lowest BCUT2D eigenvalue weighted by molar-refractivity contribution is -0.177. The molecule has 0 aromatic heterocycles. The van der Waals surface area contributed by atoms with Gasteiger partial charge in [0.25, 0.3) is 11.8 Å². The molecular formula is C11H14N2O6. The third-order valence-electron chi connectivity index (χ3n) is 3.71. The molecule has 2 saturated heterocycles. The van der Waals surface area contributed by atoms with Gasteiger partial charge in [-0.05, 0) is 25.9 Å². The van der Waals surface area contributed by atoms with E-state index in [0.717, 1.165) is 0 Å². The number of carboxylic acids is 1. The van der Waals surface area contributed by atoms with E-state index >= 15 is 0 Å². The normalized spacial score (nSPS) is 28.8. The Morgan fingerprint density at radius 2 is 1.84 bits per heavy atom. The van der Waals surface area contributed by atoms with Crippen molar-refractivity contribution in [3.05, 3.63) is 0 Å². The van der Waals surface area contributed by atoms with E-state index in [1.165, 1.54) is 0 Å². The molecule has 0 aromatic rings. The second-order valence-electron chi connectivity index (χ2n) is 4.79. The number of hydroxylamine groups is 2. The molecule has 1 atom stereocenters. The number of ketones is 1. The first-order chi connectivity index (χ1) is 8.91. The first-order valence-electron chi connectivity index (χ1n) is 5.96. The number of hydrogen-bond donors (Lipinski definition) is 3. The number of carbonyl (C=O) groups excluding carboxylic acids is 3. The van der Waals surface area contributed by atoms with Gasteiger partial charge in [-0.3, -0.25) is 24.4 Å². The van der Waals surface area contributed by atoms with E-state index in [-0.39, 0.29) is 5.06 Å². The van der Waals surface area contributed by atoms with Gasteiger partial charge < -0.3 is 10.4 Å². The van der Waals surface area contributed by atoms with E-state index in [2.05, 4.69) is 5.32 Å². The zero-order valence-electron chi connectivity index (χ0n) is 10.1. The predicted octanol–water partition coefficient (Wildman–Crippen LogP) is -1.23. The first kappa shape index (κ1) is 13.6. The van der Waals surface area contributed by atoms with Crippen LogP contribution in [0.5, 0.6) is 0 Å². The Labute approximate surface area is 108 Å². The molecule has 0 bridgehead atoms. The van der Waals surface area contributed by atoms with Crippen molar-refractivity contribution in [2.45, 2.75) is 19.3 Å². The van der Waals surface area contributed by atoms with E-state index in [1.807, 2.05) is 0 Å². The maximum atomic E-state index is 12.3. The average Bonchev–Trinajstić information content (AvgIpc) is 2.64. The molecule has 19 heavy (non-hydrogen) atoms. The van der Waals surface area contributed by atoms with Gasteiger partial charge in [0, 0.05) is 5.92 Å². The number of imide groups is 1. The number of Topliss-reactive ketones (excluding diaryl/α,β-unsaturated/α-hetero) is 1. The summed E-state index contributed by atoms with van der Waals surface area (Å²) in [6.07, 6.45) is 0.0297. The number of piperidine rings is 1. The van der Waals surface area contributed by atoms with Crippen molar-refractivity contribution in [1.29, 1.82) is 0 Å². The fraction of sp³-hybridized carbons (Fsp3) is 0.636. The van der Waals surface area contributed by atoms with Gasteiger partial charge in [-0.1, -0.05) is 0 Å². The largest absolute Gasteiger partial charge is 0.480 e. The Bertz CT molecular complexity index is 456. The third-order valence-corrected chi connectivity index (χ3v) is 3.71. The van der Waals surface area contributed by atoms with E-state index in [1.54, 1.807) is 0 Å². The van der Waals surface area contributed by atoms with E-state index in [9.17, 15) is 29.5 Å². The summed E-state index contributed by atoms with van der Waals surface area (Å²) >= 11 is 0. The number of hydrogen-bond acceptors (Lipinski definition) is 6. The molecule has 2 fully saturated rings. The Hall–Kier alpha value is -1.80. The minimum absolute atomic E-state index is 0.257. The summed E-state index contributed by atoms with van der Waals surface area (Å²) in [5.41, 5.74) is -2.45. The molecule has 8 heteroatoms. The van der Waals surface area contributed by atoms with Crippen LogP contribution >= 0.6 is 0 Å². The number of nitrogens with one attached hydrogen (secondary N) is 1. The van der Waals surface area contributed by atoms with Crippen LogP contribution in [0, 0.1) is 11.3 Å². The van der Waals surface area contributed by atoms with Crippen molar-refractivity contribution in [3.8, 4) is 0 Å². The fourth-order valence-electron chi connectivity index (χ4n) is 2.57. The van der Waals surface area contributed by atoms with Gasteiger partial charge in [-0.2, -0.15) is 5.06 Å². The van der Waals surface area contributed by atoms with Crippen LogP contribution in [0.1, 0.15) is 19.3 Å². The summed E-state index contributed by atoms with van der Waals surface area (Å²) in [4.78, 5) is 46.8. The molecule has 2 aliphatic heterocycles. The summed E-state index contributed by atoms with van der Waals surface area (Å²) in [6, 6.07) is 0. The van der Waals surface area contributed by atoms with E-state index in [4.69, 9.17) is 0 Å². The second-order valence-corrected chi connectivity index (χ2v) is 4.79. The van der Waals surface area contributed by atoms with Crippen molar-refractivity contribution in [2.75, 3.05) is 13.1 Å². The SMILES string of the molecule is O=C1CC(C(=O)O)(C(=O)C2CCNCC2)C(=O)N1O. The second kappa shape index (κ2) is 4.71. The van der Waals surface area contributed by atoms with Crippen LogP contribution < -0.4 is 5.32 Å². The highest BCUT2D eigenvalue weighted by Gasteiger charge is 2.63. The molecule has 0 aromatic carbocycles. The smallest absolute Gasteiger partial charge is 0.327 e. The molecule has 1 unspecified atom stereocenters. The van der Waals surface area contributed by atoms with E-state index < -0.39 is 41.3 Å². The minimum Gasteiger partial charge on any atom is -0.480 e. The van der Waals surface area contributed by atoms with Crippen molar-refractivity contribution in [3.63, 3.8) is 0 Å². The van der Waals surface area contributed by atoms with Crippen molar-refractivity contribution in [2.24, 2.45) is 11.3 Å². The molecule has 3 N–H and O–H groups in total. The molecular weight excluding hydrogens is 256 g/mol. The maximum absolute atomic E-state index is 12.3. The van der Waals surface area contributed by atoms with Gasteiger partial charge in [0.1, 0.15) is 0 Å². The molecule has 2 aliphatic rings. The molecule has 0 radical (unpaired) electrons. The summed E-state index contributed by atoms with van der Waals surface area (Å²) in [5, 5.41) is 21.2. The zero-order valence-corrected chi connectivity index (χ0v) is 10.1. The molecule has 0 saturated carbocycles. The van der Waals surface area contributed by atoms with Crippen molar-refractivity contribution in [1.82, 2.24) is 10.4 Å². The van der Waals surface area contributed by atoms with Gasteiger partial charge >= 0.3 is 5.97 Å². The van der Waals surface area contributed by atoms with Crippen molar-refractivity contribution >= 4 is 23.6 Å². The molecule has 0 spiro atoms. The van der Waals surface area contributed by atoms with Gasteiger partial charge in [-0.25, -0.2) is 0 Å². The van der Waals surface area contributed by atoms with Crippen LogP contribution in [-0.2, 0) is 19.2 Å². The van der Waals surface area contributed by atoms with E-state index in [0.29, 0.717) is 25.9 Å². The van der Waals surface area contributed by atoms with Crippen LogP contribution in [0.15, 0.2) is 0 Å². The Kier molecular flexibility index (Phi) is 3.38. The highest BCUT2D eigenvalue weighted by atomic mass is 16.5. The standard InChI is InChI=1S/C11H14N2O6/c14-7-5-11(10(17)18,9(16)13(7)19)8(15)6-1-3-12-4-2-6/h6,12,19H,1-5H2,(H,17,18). The summed E-state index contributed by atoms with van der Waals surface area (Å²) in [7, 11) is 0. The quantitative estimate of drug-likeness (QED) is 0.333. The molecule has 0 aliphatic carbocycles. The average molecular weight is 270 g/mol. The Morgan fingerprint density at radius 1 is 1.26 bits per heavy atom. The van der Waals surface area contributed by atoms with Crippen LogP contribution in [0.25, 0.3) is 0 Å². The Morgan fingerprint density at radius 3 is 2.26 bits per heavy atom. The monoisotopic (exact) mass is 270 g/mol. The third kappa shape index (κ3) is 1.92. The molecule has 2 amide bonds. The zero-order chi connectivity index (χ0) is 14.2. The summed E-state index contributed by atoms with van der Waals surface area (Å²) in [6.45, 7) is 1.11. The number of rotatable bonds is 3. The van der Waals surface area contributed by atoms with Crippen LogP contribution in [0.4, 0.5) is 0 Å². The minimum atomic E-state index is -2.45. The fourth-order valence-corrected chi connectivity index (χ4v) is 2.57. The number of carbonyl (C=O) groups is 4.